The SMILES string of the molecule is OBc1ccccc1-n1c(-c2ccccc2)nc2ccccc21. The van der Waals surface area contributed by atoms with Gasteiger partial charge in [0.2, 0.25) is 0 Å². The van der Waals surface area contributed by atoms with Gasteiger partial charge in [-0.25, -0.2) is 4.98 Å². The van der Waals surface area contributed by atoms with Crippen molar-refractivity contribution >= 4 is 24.0 Å². The maximum Gasteiger partial charge on any atom is 0.306 e. The monoisotopic (exact) mass is 298 g/mol. The van der Waals surface area contributed by atoms with Crippen LogP contribution in [0.1, 0.15) is 0 Å². The van der Waals surface area contributed by atoms with E-state index in [2.05, 4.69) is 22.8 Å². The van der Waals surface area contributed by atoms with E-state index in [0.29, 0.717) is 0 Å². The van der Waals surface area contributed by atoms with E-state index in [-0.39, 0.29) is 7.48 Å². The molecule has 0 amide bonds. The van der Waals surface area contributed by atoms with Crippen molar-refractivity contribution in [1.82, 2.24) is 9.55 Å². The molecule has 3 nitrogen and oxygen atoms in total. The zero-order valence-electron chi connectivity index (χ0n) is 12.6. The average molecular weight is 298 g/mol. The van der Waals surface area contributed by atoms with E-state index in [1.54, 1.807) is 0 Å². The van der Waals surface area contributed by atoms with Crippen molar-refractivity contribution in [1.29, 1.82) is 0 Å². The fourth-order valence-electron chi connectivity index (χ4n) is 2.91. The van der Waals surface area contributed by atoms with Crippen LogP contribution in [0.2, 0.25) is 0 Å². The molecule has 23 heavy (non-hydrogen) atoms. The zero-order chi connectivity index (χ0) is 15.6. The second-order valence-corrected chi connectivity index (χ2v) is 5.41. The van der Waals surface area contributed by atoms with Crippen molar-refractivity contribution in [2.45, 2.75) is 0 Å². The van der Waals surface area contributed by atoms with Crippen molar-refractivity contribution in [2.24, 2.45) is 0 Å². The molecule has 4 heteroatoms. The van der Waals surface area contributed by atoms with Crippen LogP contribution in [-0.4, -0.2) is 22.1 Å². The third kappa shape index (κ3) is 2.33. The molecule has 0 spiro atoms. The van der Waals surface area contributed by atoms with Crippen LogP contribution < -0.4 is 5.46 Å². The fourth-order valence-corrected chi connectivity index (χ4v) is 2.91. The summed E-state index contributed by atoms with van der Waals surface area (Å²) in [5, 5.41) is 9.72. The number of hydrogen-bond donors (Lipinski definition) is 1. The Morgan fingerprint density at radius 2 is 1.48 bits per heavy atom. The Morgan fingerprint density at radius 3 is 2.30 bits per heavy atom. The predicted molar refractivity (Wildman–Crippen MR) is 95.5 cm³/mol. The van der Waals surface area contributed by atoms with Gasteiger partial charge in [-0.3, -0.25) is 4.57 Å². The van der Waals surface area contributed by atoms with Crippen molar-refractivity contribution in [3.8, 4) is 17.1 Å². The quantitative estimate of drug-likeness (QED) is 0.591. The first kappa shape index (κ1) is 13.8. The number of imidazole rings is 1. The standard InChI is InChI=1S/C19H15BN2O/c23-20-15-10-4-6-12-17(15)22-18-13-7-5-11-16(18)21-19(22)14-8-2-1-3-9-14/h1-13,20,23H. The molecule has 0 atom stereocenters. The van der Waals surface area contributed by atoms with Gasteiger partial charge in [0.05, 0.1) is 11.0 Å². The topological polar surface area (TPSA) is 38.0 Å². The van der Waals surface area contributed by atoms with Crippen molar-refractivity contribution in [3.63, 3.8) is 0 Å². The predicted octanol–water partition coefficient (Wildman–Crippen LogP) is 2.66. The second-order valence-electron chi connectivity index (χ2n) is 5.41. The van der Waals surface area contributed by atoms with Gasteiger partial charge in [0, 0.05) is 11.3 Å². The average Bonchev–Trinajstić information content (AvgIpc) is 3.02. The van der Waals surface area contributed by atoms with Crippen LogP contribution in [0.5, 0.6) is 0 Å². The van der Waals surface area contributed by atoms with E-state index in [1.807, 2.05) is 60.7 Å². The van der Waals surface area contributed by atoms with Gasteiger partial charge in [0.1, 0.15) is 5.82 Å². The molecular formula is C19H15BN2O. The summed E-state index contributed by atoms with van der Waals surface area (Å²) in [6.45, 7) is 0. The summed E-state index contributed by atoms with van der Waals surface area (Å²) in [4.78, 5) is 4.82. The number of nitrogens with zero attached hydrogens (tertiary/aromatic N) is 2. The minimum Gasteiger partial charge on any atom is -0.449 e. The third-order valence-electron chi connectivity index (χ3n) is 4.00. The van der Waals surface area contributed by atoms with Crippen LogP contribution >= 0.6 is 0 Å². The summed E-state index contributed by atoms with van der Waals surface area (Å²) in [5.74, 6) is 0.882. The highest BCUT2D eigenvalue weighted by atomic mass is 16.2. The van der Waals surface area contributed by atoms with Crippen molar-refractivity contribution in [2.75, 3.05) is 0 Å². The van der Waals surface area contributed by atoms with Gasteiger partial charge in [-0.1, -0.05) is 60.7 Å². The Bertz CT molecular complexity index is 963. The molecular weight excluding hydrogens is 283 g/mol. The highest BCUT2D eigenvalue weighted by Gasteiger charge is 2.15. The van der Waals surface area contributed by atoms with Crippen LogP contribution in [0.25, 0.3) is 28.1 Å². The van der Waals surface area contributed by atoms with Gasteiger partial charge in [-0.2, -0.15) is 0 Å². The van der Waals surface area contributed by atoms with Crippen LogP contribution in [0.4, 0.5) is 0 Å². The number of hydrogen-bond acceptors (Lipinski definition) is 2. The van der Waals surface area contributed by atoms with E-state index in [9.17, 15) is 5.02 Å². The lowest BCUT2D eigenvalue weighted by atomic mass is 9.87. The van der Waals surface area contributed by atoms with E-state index >= 15 is 0 Å². The van der Waals surface area contributed by atoms with E-state index < -0.39 is 0 Å². The molecule has 0 radical (unpaired) electrons. The lowest BCUT2D eigenvalue weighted by molar-refractivity contribution is 0.615. The molecule has 0 bridgehead atoms. The van der Waals surface area contributed by atoms with Crippen LogP contribution in [0, 0.1) is 0 Å². The molecule has 0 unspecified atom stereocenters. The number of aromatic nitrogens is 2. The van der Waals surface area contributed by atoms with Gasteiger partial charge in [0.15, 0.2) is 0 Å². The molecule has 110 valence electrons. The molecule has 0 fully saturated rings. The van der Waals surface area contributed by atoms with Gasteiger partial charge in [0.25, 0.3) is 0 Å². The first-order valence-electron chi connectivity index (χ1n) is 7.60. The Labute approximate surface area is 135 Å². The van der Waals surface area contributed by atoms with Crippen molar-refractivity contribution in [3.05, 3.63) is 78.9 Å². The maximum atomic E-state index is 9.72. The molecule has 0 aliphatic rings. The molecule has 0 saturated carbocycles. The largest absolute Gasteiger partial charge is 0.449 e. The molecule has 4 rings (SSSR count). The molecule has 0 saturated heterocycles. The Balaban J connectivity index is 2.08. The van der Waals surface area contributed by atoms with E-state index in [4.69, 9.17) is 4.98 Å². The molecule has 4 aromatic rings. The summed E-state index contributed by atoms with van der Waals surface area (Å²) >= 11 is 0. The van der Waals surface area contributed by atoms with Crippen LogP contribution in [0.15, 0.2) is 78.9 Å². The summed E-state index contributed by atoms with van der Waals surface area (Å²) in [5.41, 5.74) is 4.87. The summed E-state index contributed by atoms with van der Waals surface area (Å²) in [6.07, 6.45) is 0. The minimum atomic E-state index is -0.00307. The molecule has 1 heterocycles. The van der Waals surface area contributed by atoms with Crippen molar-refractivity contribution < 1.29 is 5.02 Å². The Hall–Kier alpha value is -2.85. The zero-order valence-corrected chi connectivity index (χ0v) is 12.6. The van der Waals surface area contributed by atoms with Gasteiger partial charge in [-0.05, 0) is 23.7 Å². The molecule has 0 aliphatic carbocycles. The first-order valence-corrected chi connectivity index (χ1v) is 7.60. The van der Waals surface area contributed by atoms with Crippen LogP contribution in [-0.2, 0) is 0 Å². The minimum absolute atomic E-state index is 0.00307. The number of fused-ring (bicyclic) bond motifs is 1. The summed E-state index contributed by atoms with van der Waals surface area (Å²) < 4.78 is 2.12. The Kier molecular flexibility index (Phi) is 3.44. The molecule has 3 aromatic carbocycles. The highest BCUT2D eigenvalue weighted by Crippen LogP contribution is 2.27. The number of rotatable bonds is 3. The second kappa shape index (κ2) is 5.74. The number of para-hydroxylation sites is 3. The highest BCUT2D eigenvalue weighted by molar-refractivity contribution is 6.47. The summed E-state index contributed by atoms with van der Waals surface area (Å²) in [7, 11) is -0.00307. The molecule has 1 aromatic heterocycles. The fraction of sp³-hybridized carbons (Fsp3) is 0. The third-order valence-corrected chi connectivity index (χ3v) is 4.00. The lowest BCUT2D eigenvalue weighted by Crippen LogP contribution is -2.20. The van der Waals surface area contributed by atoms with E-state index in [1.165, 1.54) is 0 Å². The normalized spacial score (nSPS) is 10.8. The lowest BCUT2D eigenvalue weighted by Gasteiger charge is -2.13. The first-order chi connectivity index (χ1) is 11.4. The van der Waals surface area contributed by atoms with Gasteiger partial charge >= 0.3 is 7.48 Å². The van der Waals surface area contributed by atoms with Gasteiger partial charge < -0.3 is 5.02 Å². The van der Waals surface area contributed by atoms with Gasteiger partial charge in [-0.15, -0.1) is 0 Å². The maximum absolute atomic E-state index is 9.72. The molecule has 1 N–H and O–H groups in total. The number of benzene rings is 3. The Morgan fingerprint density at radius 1 is 0.783 bits per heavy atom. The van der Waals surface area contributed by atoms with E-state index in [0.717, 1.165) is 33.6 Å². The summed E-state index contributed by atoms with van der Waals surface area (Å²) in [6, 6.07) is 26.1. The molecule has 0 aliphatic heterocycles. The smallest absolute Gasteiger partial charge is 0.306 e. The van der Waals surface area contributed by atoms with Crippen LogP contribution in [0.3, 0.4) is 0 Å².